The van der Waals surface area contributed by atoms with E-state index in [0.29, 0.717) is 24.4 Å². The first-order valence-corrected chi connectivity index (χ1v) is 6.97. The number of hydrogen-bond acceptors (Lipinski definition) is 5. The second kappa shape index (κ2) is 7.94. The molecule has 108 valence electrons. The van der Waals surface area contributed by atoms with Crippen LogP contribution in [0.15, 0.2) is 6.07 Å². The third-order valence-electron chi connectivity index (χ3n) is 3.28. The Hall–Kier alpha value is -1.36. The van der Waals surface area contributed by atoms with Gasteiger partial charge in [0.2, 0.25) is 0 Å². The molecule has 5 heteroatoms. The van der Waals surface area contributed by atoms with E-state index in [9.17, 15) is 0 Å². The maximum Gasteiger partial charge on any atom is 0.158 e. The largest absolute Gasteiger partial charge is 0.377 e. The minimum absolute atomic E-state index is 0.379. The predicted molar refractivity (Wildman–Crippen MR) is 79.4 cm³/mol. The second-order valence-electron chi connectivity index (χ2n) is 4.84. The van der Waals surface area contributed by atoms with Crippen molar-refractivity contribution >= 4 is 11.6 Å². The summed E-state index contributed by atoms with van der Waals surface area (Å²) in [5, 5.41) is 6.66. The molecule has 0 amide bonds. The van der Waals surface area contributed by atoms with Gasteiger partial charge in [-0.05, 0) is 19.8 Å². The lowest BCUT2D eigenvalue weighted by Crippen LogP contribution is -2.24. The molecule has 5 nitrogen and oxygen atoms in total. The van der Waals surface area contributed by atoms with Gasteiger partial charge in [0.15, 0.2) is 5.82 Å². The fourth-order valence-corrected chi connectivity index (χ4v) is 1.77. The molecule has 0 aliphatic heterocycles. The topological polar surface area (TPSA) is 59.1 Å². The van der Waals surface area contributed by atoms with E-state index in [2.05, 4.69) is 41.4 Å². The molecule has 1 aromatic rings. The van der Waals surface area contributed by atoms with Gasteiger partial charge >= 0.3 is 0 Å². The van der Waals surface area contributed by atoms with E-state index < -0.39 is 0 Å². The van der Waals surface area contributed by atoms with Gasteiger partial charge in [-0.15, -0.1) is 0 Å². The molecule has 1 heterocycles. The molecule has 0 saturated carbocycles. The van der Waals surface area contributed by atoms with E-state index in [4.69, 9.17) is 4.74 Å². The molecule has 0 radical (unpaired) electrons. The SMILES string of the molecule is CCNc1cc(NC(C)C(C)CC)nc(COC)n1. The zero-order valence-electron chi connectivity index (χ0n) is 12.7. The summed E-state index contributed by atoms with van der Waals surface area (Å²) in [5.41, 5.74) is 0. The van der Waals surface area contributed by atoms with Gasteiger partial charge in [0, 0.05) is 25.8 Å². The van der Waals surface area contributed by atoms with Crippen LogP contribution in [-0.2, 0) is 11.3 Å². The number of anilines is 2. The van der Waals surface area contributed by atoms with E-state index >= 15 is 0 Å². The molecule has 0 aromatic carbocycles. The first kappa shape index (κ1) is 15.7. The van der Waals surface area contributed by atoms with E-state index in [-0.39, 0.29) is 0 Å². The summed E-state index contributed by atoms with van der Waals surface area (Å²) in [6.45, 7) is 9.92. The van der Waals surface area contributed by atoms with Gasteiger partial charge < -0.3 is 15.4 Å². The molecule has 0 aliphatic rings. The van der Waals surface area contributed by atoms with Crippen molar-refractivity contribution in [3.8, 4) is 0 Å². The molecule has 0 saturated heterocycles. The number of aromatic nitrogens is 2. The first-order valence-electron chi connectivity index (χ1n) is 6.97. The standard InChI is InChI=1S/C14H26N4O/c1-6-10(3)11(4)16-13-8-12(15-7-2)17-14(18-13)9-19-5/h8,10-11H,6-7,9H2,1-5H3,(H2,15,16,17,18). The third-order valence-corrected chi connectivity index (χ3v) is 3.28. The molecule has 0 aliphatic carbocycles. The van der Waals surface area contributed by atoms with Crippen molar-refractivity contribution in [3.63, 3.8) is 0 Å². The van der Waals surface area contributed by atoms with E-state index in [1.807, 2.05) is 13.0 Å². The molecule has 2 unspecified atom stereocenters. The zero-order chi connectivity index (χ0) is 14.3. The number of nitrogens with one attached hydrogen (secondary N) is 2. The average molecular weight is 266 g/mol. The van der Waals surface area contributed by atoms with E-state index in [1.54, 1.807) is 7.11 Å². The lowest BCUT2D eigenvalue weighted by atomic mass is 10.0. The number of methoxy groups -OCH3 is 1. The number of nitrogens with zero attached hydrogens (tertiary/aromatic N) is 2. The highest BCUT2D eigenvalue weighted by molar-refractivity contribution is 5.48. The Morgan fingerprint density at radius 2 is 1.89 bits per heavy atom. The van der Waals surface area contributed by atoms with Crippen LogP contribution >= 0.6 is 0 Å². The number of rotatable bonds is 8. The van der Waals surface area contributed by atoms with Crippen LogP contribution in [0.5, 0.6) is 0 Å². The lowest BCUT2D eigenvalue weighted by Gasteiger charge is -2.21. The molecule has 0 fully saturated rings. The van der Waals surface area contributed by atoms with Crippen LogP contribution in [0.3, 0.4) is 0 Å². The van der Waals surface area contributed by atoms with Crippen LogP contribution in [0.1, 0.15) is 39.9 Å². The normalized spacial score (nSPS) is 13.9. The van der Waals surface area contributed by atoms with E-state index in [0.717, 1.165) is 24.6 Å². The molecule has 2 N–H and O–H groups in total. The number of ether oxygens (including phenoxy) is 1. The lowest BCUT2D eigenvalue weighted by molar-refractivity contribution is 0.178. The van der Waals surface area contributed by atoms with Gasteiger partial charge in [0.05, 0.1) is 0 Å². The Balaban J connectivity index is 2.85. The minimum Gasteiger partial charge on any atom is -0.377 e. The van der Waals surface area contributed by atoms with Crippen molar-refractivity contribution in [2.45, 2.75) is 46.8 Å². The summed E-state index contributed by atoms with van der Waals surface area (Å²) in [6, 6.07) is 2.33. The Labute approximate surface area is 116 Å². The Kier molecular flexibility index (Phi) is 6.56. The van der Waals surface area contributed by atoms with Gasteiger partial charge in [-0.1, -0.05) is 20.3 Å². The summed E-state index contributed by atoms with van der Waals surface area (Å²) < 4.78 is 5.11. The van der Waals surface area contributed by atoms with Crippen LogP contribution < -0.4 is 10.6 Å². The fourth-order valence-electron chi connectivity index (χ4n) is 1.77. The molecule has 0 spiro atoms. The molecule has 1 aromatic heterocycles. The van der Waals surface area contributed by atoms with Crippen LogP contribution in [0, 0.1) is 5.92 Å². The molecular weight excluding hydrogens is 240 g/mol. The van der Waals surface area contributed by atoms with Crippen molar-refractivity contribution in [3.05, 3.63) is 11.9 Å². The van der Waals surface area contributed by atoms with Crippen molar-refractivity contribution < 1.29 is 4.74 Å². The van der Waals surface area contributed by atoms with E-state index in [1.165, 1.54) is 0 Å². The summed E-state index contributed by atoms with van der Waals surface area (Å²) in [5.74, 6) is 2.98. The van der Waals surface area contributed by atoms with Crippen molar-refractivity contribution in [1.29, 1.82) is 0 Å². The quantitative estimate of drug-likeness (QED) is 0.757. The van der Waals surface area contributed by atoms with Gasteiger partial charge in [0.1, 0.15) is 18.2 Å². The average Bonchev–Trinajstić information content (AvgIpc) is 2.38. The highest BCUT2D eigenvalue weighted by Gasteiger charge is 2.12. The van der Waals surface area contributed by atoms with Crippen LogP contribution in [-0.4, -0.2) is 29.7 Å². The maximum absolute atomic E-state index is 5.11. The second-order valence-corrected chi connectivity index (χ2v) is 4.84. The first-order chi connectivity index (χ1) is 9.10. The van der Waals surface area contributed by atoms with Crippen LogP contribution in [0.2, 0.25) is 0 Å². The third kappa shape index (κ3) is 5.03. The predicted octanol–water partition coefficient (Wildman–Crippen LogP) is 2.90. The van der Waals surface area contributed by atoms with Gasteiger partial charge in [0.25, 0.3) is 0 Å². The highest BCUT2D eigenvalue weighted by atomic mass is 16.5. The Morgan fingerprint density at radius 1 is 1.21 bits per heavy atom. The fraction of sp³-hybridized carbons (Fsp3) is 0.714. The zero-order valence-corrected chi connectivity index (χ0v) is 12.7. The molecule has 2 atom stereocenters. The van der Waals surface area contributed by atoms with Crippen molar-refractivity contribution in [2.24, 2.45) is 5.92 Å². The minimum atomic E-state index is 0.379. The summed E-state index contributed by atoms with van der Waals surface area (Å²) in [7, 11) is 1.65. The molecule has 0 bridgehead atoms. The monoisotopic (exact) mass is 266 g/mol. The van der Waals surface area contributed by atoms with Gasteiger partial charge in [-0.3, -0.25) is 0 Å². The summed E-state index contributed by atoms with van der Waals surface area (Å²) in [6.07, 6.45) is 1.14. The Morgan fingerprint density at radius 3 is 2.47 bits per heavy atom. The smallest absolute Gasteiger partial charge is 0.158 e. The van der Waals surface area contributed by atoms with Crippen molar-refractivity contribution in [1.82, 2.24) is 9.97 Å². The van der Waals surface area contributed by atoms with Gasteiger partial charge in [-0.2, -0.15) is 0 Å². The van der Waals surface area contributed by atoms with Crippen LogP contribution in [0.25, 0.3) is 0 Å². The highest BCUT2D eigenvalue weighted by Crippen LogP contribution is 2.16. The summed E-state index contributed by atoms with van der Waals surface area (Å²) in [4.78, 5) is 8.87. The maximum atomic E-state index is 5.11. The Bertz CT molecular complexity index is 359. The molecule has 19 heavy (non-hydrogen) atoms. The van der Waals surface area contributed by atoms with Gasteiger partial charge in [-0.25, -0.2) is 9.97 Å². The number of hydrogen-bond donors (Lipinski definition) is 2. The van der Waals surface area contributed by atoms with Crippen molar-refractivity contribution in [2.75, 3.05) is 24.3 Å². The molecular formula is C14H26N4O. The summed E-state index contributed by atoms with van der Waals surface area (Å²) >= 11 is 0. The molecule has 1 rings (SSSR count). The van der Waals surface area contributed by atoms with Crippen LogP contribution in [0.4, 0.5) is 11.6 Å².